The van der Waals surface area contributed by atoms with E-state index >= 15 is 0 Å². The lowest BCUT2D eigenvalue weighted by molar-refractivity contribution is -0.111. The average Bonchev–Trinajstić information content (AvgIpc) is 3.40. The second-order valence-electron chi connectivity index (χ2n) is 5.53. The van der Waals surface area contributed by atoms with Crippen LogP contribution in [0.1, 0.15) is 5.56 Å². The Morgan fingerprint density at radius 1 is 1.04 bits per heavy atom. The van der Waals surface area contributed by atoms with E-state index in [0.29, 0.717) is 10.7 Å². The van der Waals surface area contributed by atoms with Gasteiger partial charge in [0.1, 0.15) is 11.5 Å². The number of rotatable bonds is 5. The van der Waals surface area contributed by atoms with Gasteiger partial charge in [-0.25, -0.2) is 9.37 Å². The Labute approximate surface area is 167 Å². The third-order valence-corrected chi connectivity index (χ3v) is 6.53. The Hall–Kier alpha value is -2.61. The van der Waals surface area contributed by atoms with Gasteiger partial charge in [-0.05, 0) is 46.7 Å². The first kappa shape index (κ1) is 17.8. The first-order valence-electron chi connectivity index (χ1n) is 8.02. The molecule has 0 spiro atoms. The van der Waals surface area contributed by atoms with Crippen molar-refractivity contribution in [3.05, 3.63) is 76.7 Å². The molecule has 4 rings (SSSR count). The quantitative estimate of drug-likeness (QED) is 0.386. The average molecular weight is 413 g/mol. The summed E-state index contributed by atoms with van der Waals surface area (Å²) in [5.41, 5.74) is 1.50. The van der Waals surface area contributed by atoms with Gasteiger partial charge < -0.3 is 0 Å². The van der Waals surface area contributed by atoms with Crippen molar-refractivity contribution in [2.75, 3.05) is 5.32 Å². The zero-order valence-electron chi connectivity index (χ0n) is 13.9. The zero-order valence-corrected chi connectivity index (χ0v) is 16.3. The van der Waals surface area contributed by atoms with Crippen LogP contribution < -0.4 is 5.32 Å². The molecule has 3 aromatic heterocycles. The molecule has 0 saturated carbocycles. The summed E-state index contributed by atoms with van der Waals surface area (Å²) in [5.74, 6) is -0.637. The van der Waals surface area contributed by atoms with Crippen LogP contribution >= 0.6 is 34.0 Å². The Bertz CT molecular complexity index is 1030. The molecule has 0 radical (unpaired) electrons. The summed E-state index contributed by atoms with van der Waals surface area (Å²) in [4.78, 5) is 20.1. The SMILES string of the molecule is O=C(/C=C/c1cccc(F)c1)Nc1nc(-c2cccs2)c(-c2cccs2)s1. The number of thiazole rings is 1. The van der Waals surface area contributed by atoms with E-state index in [-0.39, 0.29) is 11.7 Å². The number of nitrogens with one attached hydrogen (secondary N) is 1. The van der Waals surface area contributed by atoms with E-state index in [2.05, 4.69) is 10.3 Å². The minimum Gasteiger partial charge on any atom is -0.298 e. The summed E-state index contributed by atoms with van der Waals surface area (Å²) in [6.45, 7) is 0. The standard InChI is InChI=1S/C20H13FN2OS3/c21-14-5-1-4-13(12-14)8-9-17(24)22-20-23-18(15-6-2-10-25-15)19(27-20)16-7-3-11-26-16/h1-12H,(H,22,23,24)/b9-8+. The van der Waals surface area contributed by atoms with Gasteiger partial charge in [-0.3, -0.25) is 10.1 Å². The molecule has 0 atom stereocenters. The maximum atomic E-state index is 13.2. The van der Waals surface area contributed by atoms with E-state index in [1.165, 1.54) is 29.5 Å². The topological polar surface area (TPSA) is 42.0 Å². The number of carbonyl (C=O) groups is 1. The number of aromatic nitrogens is 1. The highest BCUT2D eigenvalue weighted by atomic mass is 32.1. The van der Waals surface area contributed by atoms with Gasteiger partial charge in [0.2, 0.25) is 5.91 Å². The largest absolute Gasteiger partial charge is 0.298 e. The number of thiophene rings is 2. The number of carbonyl (C=O) groups excluding carboxylic acids is 1. The van der Waals surface area contributed by atoms with Crippen LogP contribution in [0.3, 0.4) is 0 Å². The second-order valence-corrected chi connectivity index (χ2v) is 8.42. The number of hydrogen-bond donors (Lipinski definition) is 1. The third kappa shape index (κ3) is 4.21. The Kier molecular flexibility index (Phi) is 5.24. The molecule has 0 saturated heterocycles. The van der Waals surface area contributed by atoms with Gasteiger partial charge in [0.05, 0.1) is 9.75 Å². The van der Waals surface area contributed by atoms with Gasteiger partial charge in [0.25, 0.3) is 0 Å². The summed E-state index contributed by atoms with van der Waals surface area (Å²) in [6, 6.07) is 14.1. The van der Waals surface area contributed by atoms with Crippen molar-refractivity contribution < 1.29 is 9.18 Å². The molecular weight excluding hydrogens is 399 g/mol. The van der Waals surface area contributed by atoms with Crippen molar-refractivity contribution in [3.8, 4) is 20.3 Å². The maximum absolute atomic E-state index is 13.2. The number of hydrogen-bond acceptors (Lipinski definition) is 5. The van der Waals surface area contributed by atoms with Crippen molar-refractivity contribution in [3.63, 3.8) is 0 Å². The van der Waals surface area contributed by atoms with Crippen LogP contribution in [-0.2, 0) is 4.79 Å². The predicted octanol–water partition coefficient (Wildman–Crippen LogP) is 6.39. The van der Waals surface area contributed by atoms with Crippen molar-refractivity contribution in [1.82, 2.24) is 4.98 Å². The highest BCUT2D eigenvalue weighted by Crippen LogP contribution is 2.42. The van der Waals surface area contributed by atoms with Crippen LogP contribution in [0.4, 0.5) is 9.52 Å². The van der Waals surface area contributed by atoms with Crippen LogP contribution in [-0.4, -0.2) is 10.9 Å². The molecule has 1 aromatic carbocycles. The molecule has 3 nitrogen and oxygen atoms in total. The van der Waals surface area contributed by atoms with Crippen LogP contribution in [0, 0.1) is 5.82 Å². The number of benzene rings is 1. The molecule has 0 unspecified atom stereocenters. The molecule has 3 heterocycles. The summed E-state index contributed by atoms with van der Waals surface area (Å²) in [7, 11) is 0. The highest BCUT2D eigenvalue weighted by Gasteiger charge is 2.17. The molecule has 0 aliphatic carbocycles. The van der Waals surface area contributed by atoms with E-state index in [0.717, 1.165) is 20.3 Å². The van der Waals surface area contributed by atoms with Crippen molar-refractivity contribution in [2.45, 2.75) is 0 Å². The van der Waals surface area contributed by atoms with Crippen LogP contribution in [0.25, 0.3) is 26.4 Å². The molecule has 134 valence electrons. The molecule has 0 aliphatic rings. The fourth-order valence-electron chi connectivity index (χ4n) is 2.46. The van der Waals surface area contributed by atoms with E-state index in [1.807, 2.05) is 35.0 Å². The molecule has 0 aliphatic heterocycles. The normalized spacial score (nSPS) is 11.1. The zero-order chi connectivity index (χ0) is 18.6. The summed E-state index contributed by atoms with van der Waals surface area (Å²) >= 11 is 4.70. The van der Waals surface area contributed by atoms with Gasteiger partial charge in [-0.15, -0.1) is 22.7 Å². The van der Waals surface area contributed by atoms with Crippen molar-refractivity contribution in [1.29, 1.82) is 0 Å². The Morgan fingerprint density at radius 2 is 1.81 bits per heavy atom. The second kappa shape index (κ2) is 7.96. The molecule has 7 heteroatoms. The molecule has 0 bridgehead atoms. The fourth-order valence-corrected chi connectivity index (χ4v) is 5.08. The van der Waals surface area contributed by atoms with Crippen LogP contribution in [0.15, 0.2) is 65.4 Å². The van der Waals surface area contributed by atoms with Crippen LogP contribution in [0.2, 0.25) is 0 Å². The summed E-state index contributed by atoms with van der Waals surface area (Å²) in [5, 5.41) is 7.37. The number of halogens is 1. The lowest BCUT2D eigenvalue weighted by Crippen LogP contribution is -2.07. The van der Waals surface area contributed by atoms with E-state index in [4.69, 9.17) is 0 Å². The van der Waals surface area contributed by atoms with Gasteiger partial charge in [0.15, 0.2) is 5.13 Å². The molecule has 4 aromatic rings. The maximum Gasteiger partial charge on any atom is 0.250 e. The number of nitrogens with zero attached hydrogens (tertiary/aromatic N) is 1. The van der Waals surface area contributed by atoms with Gasteiger partial charge in [-0.2, -0.15) is 0 Å². The first-order valence-corrected chi connectivity index (χ1v) is 10.6. The third-order valence-electron chi connectivity index (χ3n) is 3.63. The lowest BCUT2D eigenvalue weighted by atomic mass is 10.2. The minimum absolute atomic E-state index is 0.302. The van der Waals surface area contributed by atoms with Crippen molar-refractivity contribution in [2.24, 2.45) is 0 Å². The number of amides is 1. The van der Waals surface area contributed by atoms with Crippen molar-refractivity contribution >= 4 is 51.1 Å². The first-order chi connectivity index (χ1) is 13.2. The highest BCUT2D eigenvalue weighted by molar-refractivity contribution is 7.24. The van der Waals surface area contributed by atoms with Crippen LogP contribution in [0.5, 0.6) is 0 Å². The molecule has 27 heavy (non-hydrogen) atoms. The van der Waals surface area contributed by atoms with E-state index in [9.17, 15) is 9.18 Å². The fraction of sp³-hybridized carbons (Fsp3) is 0. The molecular formula is C20H13FN2OS3. The van der Waals surface area contributed by atoms with E-state index in [1.54, 1.807) is 40.9 Å². The van der Waals surface area contributed by atoms with Gasteiger partial charge in [0, 0.05) is 11.0 Å². The Morgan fingerprint density at radius 3 is 2.52 bits per heavy atom. The smallest absolute Gasteiger partial charge is 0.250 e. The number of anilines is 1. The summed E-state index contributed by atoms with van der Waals surface area (Å²) < 4.78 is 13.2. The molecule has 1 N–H and O–H groups in total. The Balaban J connectivity index is 1.57. The van der Waals surface area contributed by atoms with E-state index < -0.39 is 0 Å². The molecule has 1 amide bonds. The lowest BCUT2D eigenvalue weighted by Gasteiger charge is -1.96. The minimum atomic E-state index is -0.335. The monoisotopic (exact) mass is 412 g/mol. The molecule has 0 fully saturated rings. The van der Waals surface area contributed by atoms with Gasteiger partial charge >= 0.3 is 0 Å². The van der Waals surface area contributed by atoms with Gasteiger partial charge in [-0.1, -0.05) is 35.6 Å². The summed E-state index contributed by atoms with van der Waals surface area (Å²) in [6.07, 6.45) is 2.96. The predicted molar refractivity (Wildman–Crippen MR) is 113 cm³/mol.